The number of thiocarbonyl (C=S) groups is 1. The molecule has 0 atom stereocenters. The normalized spacial score (nSPS) is 10.5. The number of para-hydroxylation sites is 1. The average Bonchev–Trinajstić information content (AvgIpc) is 2.73. The molecule has 0 aromatic heterocycles. The van der Waals surface area contributed by atoms with E-state index in [-0.39, 0.29) is 0 Å². The average molecular weight is 369 g/mol. The van der Waals surface area contributed by atoms with Gasteiger partial charge in [0.05, 0.1) is 12.2 Å². The second kappa shape index (κ2) is 8.02. The smallest absolute Gasteiger partial charge is 0.178 e. The van der Waals surface area contributed by atoms with Gasteiger partial charge in [-0.1, -0.05) is 84.9 Å². The Kier molecular flexibility index (Phi) is 5.13. The third kappa shape index (κ3) is 3.99. The fourth-order valence-electron chi connectivity index (χ4n) is 3.19. The molecule has 3 heteroatoms. The molecule has 132 valence electrons. The van der Waals surface area contributed by atoms with Crippen LogP contribution in [-0.4, -0.2) is 5.11 Å². The summed E-state index contributed by atoms with van der Waals surface area (Å²) in [4.78, 5) is 2.17. The Labute approximate surface area is 165 Å². The van der Waals surface area contributed by atoms with Crippen LogP contribution in [0.5, 0.6) is 0 Å². The van der Waals surface area contributed by atoms with E-state index in [0.29, 0.717) is 11.7 Å². The zero-order valence-electron chi connectivity index (χ0n) is 14.9. The lowest BCUT2D eigenvalue weighted by atomic mass is 10.1. The standard InChI is InChI=1S/C24H20N2S/c27-24(25-21-14-5-2-6-15-21)26(18-19-10-3-1-4-11-19)23-17-9-13-20-12-7-8-16-22(20)23/h1-17H,18H2,(H,25,27). The number of hydrogen-bond acceptors (Lipinski definition) is 1. The van der Waals surface area contributed by atoms with E-state index in [0.717, 1.165) is 11.4 Å². The number of hydrogen-bond donors (Lipinski definition) is 1. The van der Waals surface area contributed by atoms with E-state index in [1.165, 1.54) is 16.3 Å². The van der Waals surface area contributed by atoms with Crippen LogP contribution in [0.15, 0.2) is 103 Å². The number of anilines is 2. The summed E-state index contributed by atoms with van der Waals surface area (Å²) >= 11 is 5.82. The topological polar surface area (TPSA) is 15.3 Å². The van der Waals surface area contributed by atoms with Crippen LogP contribution >= 0.6 is 12.2 Å². The molecule has 0 unspecified atom stereocenters. The summed E-state index contributed by atoms with van der Waals surface area (Å²) in [5, 5.41) is 6.46. The molecule has 2 nitrogen and oxygen atoms in total. The van der Waals surface area contributed by atoms with Crippen LogP contribution in [0.4, 0.5) is 11.4 Å². The van der Waals surface area contributed by atoms with Crippen molar-refractivity contribution >= 4 is 39.5 Å². The number of nitrogens with zero attached hydrogens (tertiary/aromatic N) is 1. The van der Waals surface area contributed by atoms with Crippen LogP contribution in [0.1, 0.15) is 5.56 Å². The van der Waals surface area contributed by atoms with Gasteiger partial charge in [0.25, 0.3) is 0 Å². The van der Waals surface area contributed by atoms with Crippen LogP contribution in [0.3, 0.4) is 0 Å². The number of nitrogens with one attached hydrogen (secondary N) is 1. The van der Waals surface area contributed by atoms with E-state index in [1.807, 2.05) is 36.4 Å². The van der Waals surface area contributed by atoms with Gasteiger partial charge in [-0.2, -0.15) is 0 Å². The molecular weight excluding hydrogens is 348 g/mol. The monoisotopic (exact) mass is 368 g/mol. The van der Waals surface area contributed by atoms with Crippen molar-refractivity contribution < 1.29 is 0 Å². The lowest BCUT2D eigenvalue weighted by Crippen LogP contribution is -2.34. The van der Waals surface area contributed by atoms with Crippen molar-refractivity contribution in [3.05, 3.63) is 109 Å². The van der Waals surface area contributed by atoms with Crippen molar-refractivity contribution in [2.24, 2.45) is 0 Å². The van der Waals surface area contributed by atoms with Crippen molar-refractivity contribution in [3.8, 4) is 0 Å². The minimum atomic E-state index is 0.682. The highest BCUT2D eigenvalue weighted by atomic mass is 32.1. The third-order valence-corrected chi connectivity index (χ3v) is 4.83. The Balaban J connectivity index is 1.74. The van der Waals surface area contributed by atoms with E-state index in [1.54, 1.807) is 0 Å². The van der Waals surface area contributed by atoms with Crippen LogP contribution in [0.25, 0.3) is 10.8 Å². The zero-order valence-corrected chi connectivity index (χ0v) is 15.7. The first kappa shape index (κ1) is 17.3. The van der Waals surface area contributed by atoms with E-state index >= 15 is 0 Å². The van der Waals surface area contributed by atoms with Gasteiger partial charge in [-0.25, -0.2) is 0 Å². The molecule has 1 N–H and O–H groups in total. The maximum absolute atomic E-state index is 5.82. The minimum Gasteiger partial charge on any atom is -0.332 e. The fourth-order valence-corrected chi connectivity index (χ4v) is 3.47. The van der Waals surface area contributed by atoms with Crippen molar-refractivity contribution in [3.63, 3.8) is 0 Å². The molecule has 0 saturated carbocycles. The molecule has 4 aromatic rings. The molecule has 4 aromatic carbocycles. The van der Waals surface area contributed by atoms with Gasteiger partial charge in [0.15, 0.2) is 5.11 Å². The van der Waals surface area contributed by atoms with Crippen LogP contribution in [0, 0.1) is 0 Å². The highest BCUT2D eigenvalue weighted by Crippen LogP contribution is 2.28. The van der Waals surface area contributed by atoms with Crippen molar-refractivity contribution in [2.45, 2.75) is 6.54 Å². The van der Waals surface area contributed by atoms with Crippen molar-refractivity contribution in [1.82, 2.24) is 0 Å². The van der Waals surface area contributed by atoms with Crippen LogP contribution in [-0.2, 0) is 6.54 Å². The summed E-state index contributed by atoms with van der Waals surface area (Å²) in [6, 6.07) is 35.2. The molecule has 0 amide bonds. The predicted octanol–water partition coefficient (Wildman–Crippen LogP) is 6.24. The Morgan fingerprint density at radius 3 is 2.11 bits per heavy atom. The molecule has 0 aliphatic carbocycles. The van der Waals surface area contributed by atoms with Crippen LogP contribution < -0.4 is 10.2 Å². The first-order valence-electron chi connectivity index (χ1n) is 8.96. The molecule has 0 fully saturated rings. The summed E-state index contributed by atoms with van der Waals surface area (Å²) in [6.07, 6.45) is 0. The minimum absolute atomic E-state index is 0.682. The second-order valence-electron chi connectivity index (χ2n) is 6.37. The summed E-state index contributed by atoms with van der Waals surface area (Å²) in [5.41, 5.74) is 3.30. The third-order valence-electron chi connectivity index (χ3n) is 4.51. The molecule has 4 rings (SSSR count). The predicted molar refractivity (Wildman–Crippen MR) is 119 cm³/mol. The second-order valence-corrected chi connectivity index (χ2v) is 6.75. The van der Waals surface area contributed by atoms with E-state index < -0.39 is 0 Å². The Hall–Kier alpha value is -3.17. The highest BCUT2D eigenvalue weighted by molar-refractivity contribution is 7.80. The summed E-state index contributed by atoms with van der Waals surface area (Å²) in [5.74, 6) is 0. The van der Waals surface area contributed by atoms with Crippen LogP contribution in [0.2, 0.25) is 0 Å². The SMILES string of the molecule is S=C(Nc1ccccc1)N(Cc1ccccc1)c1cccc2ccccc12. The molecule has 0 saturated heterocycles. The molecule has 0 aliphatic heterocycles. The number of fused-ring (bicyclic) bond motifs is 1. The molecule has 0 spiro atoms. The number of rotatable bonds is 4. The maximum Gasteiger partial charge on any atom is 0.178 e. The molecule has 0 bridgehead atoms. The molecular formula is C24H20N2S. The van der Waals surface area contributed by atoms with Crippen molar-refractivity contribution in [2.75, 3.05) is 10.2 Å². The summed E-state index contributed by atoms with van der Waals surface area (Å²) in [7, 11) is 0. The Bertz CT molecular complexity index is 1040. The van der Waals surface area contributed by atoms with Crippen molar-refractivity contribution in [1.29, 1.82) is 0 Å². The molecule has 27 heavy (non-hydrogen) atoms. The van der Waals surface area contributed by atoms with Gasteiger partial charge in [-0.15, -0.1) is 0 Å². The largest absolute Gasteiger partial charge is 0.332 e. The fraction of sp³-hybridized carbons (Fsp3) is 0.0417. The molecule has 0 radical (unpaired) electrons. The first-order valence-corrected chi connectivity index (χ1v) is 9.37. The van der Waals surface area contributed by atoms with E-state index in [2.05, 4.69) is 76.9 Å². The van der Waals surface area contributed by atoms with Gasteiger partial charge in [-0.3, -0.25) is 0 Å². The Morgan fingerprint density at radius 1 is 0.704 bits per heavy atom. The molecule has 0 heterocycles. The van der Waals surface area contributed by atoms with E-state index in [4.69, 9.17) is 12.2 Å². The number of benzene rings is 4. The van der Waals surface area contributed by atoms with E-state index in [9.17, 15) is 0 Å². The van der Waals surface area contributed by atoms with Gasteiger partial charge in [0.2, 0.25) is 0 Å². The maximum atomic E-state index is 5.82. The van der Waals surface area contributed by atoms with Gasteiger partial charge in [-0.05, 0) is 41.4 Å². The zero-order chi connectivity index (χ0) is 18.5. The Morgan fingerprint density at radius 2 is 1.33 bits per heavy atom. The van der Waals surface area contributed by atoms with Gasteiger partial charge in [0, 0.05) is 11.1 Å². The van der Waals surface area contributed by atoms with Gasteiger partial charge < -0.3 is 10.2 Å². The summed E-state index contributed by atoms with van der Waals surface area (Å²) in [6.45, 7) is 0.702. The summed E-state index contributed by atoms with van der Waals surface area (Å²) < 4.78 is 0. The lowest BCUT2D eigenvalue weighted by molar-refractivity contribution is 1.02. The highest BCUT2D eigenvalue weighted by Gasteiger charge is 2.15. The molecule has 0 aliphatic rings. The quantitative estimate of drug-likeness (QED) is 0.429. The lowest BCUT2D eigenvalue weighted by Gasteiger charge is -2.27. The van der Waals surface area contributed by atoms with Gasteiger partial charge >= 0.3 is 0 Å². The van der Waals surface area contributed by atoms with Gasteiger partial charge in [0.1, 0.15) is 0 Å². The first-order chi connectivity index (χ1) is 13.3.